The maximum Gasteiger partial charge on any atom is 0.0841 e. The van der Waals surface area contributed by atoms with E-state index in [1.54, 1.807) is 0 Å². The molecule has 1 N–H and O–H groups in total. The summed E-state index contributed by atoms with van der Waals surface area (Å²) in [5.41, 5.74) is 3.00. The van der Waals surface area contributed by atoms with E-state index < -0.39 is 0 Å². The first-order valence-corrected chi connectivity index (χ1v) is 3.80. The van der Waals surface area contributed by atoms with Gasteiger partial charge in [-0.2, -0.15) is 0 Å². The number of anilines is 1. The number of para-hydroxylation sites is 1. The summed E-state index contributed by atoms with van der Waals surface area (Å²) in [6, 6.07) is 5.87. The molecule has 1 rings (SSSR count). The molecule has 0 aliphatic rings. The molecule has 3 heteroatoms. The van der Waals surface area contributed by atoms with Crippen LogP contribution in [0.4, 0.5) is 5.69 Å². The minimum absolute atomic E-state index is 0. The number of rotatable bonds is 1. The summed E-state index contributed by atoms with van der Waals surface area (Å²) in [7, 11) is 0. The van der Waals surface area contributed by atoms with Crippen molar-refractivity contribution in [1.82, 2.24) is 0 Å². The molecule has 1 amide bonds. The van der Waals surface area contributed by atoms with Crippen LogP contribution in [-0.4, -0.2) is 5.91 Å². The molecule has 13 heavy (non-hydrogen) atoms. The largest absolute Gasteiger partial charge is 0.351 e. The van der Waals surface area contributed by atoms with Crippen LogP contribution in [0.3, 0.4) is 0 Å². The summed E-state index contributed by atoms with van der Waals surface area (Å²) in [4.78, 5) is 10.7. The fourth-order valence-electron chi connectivity index (χ4n) is 1.15. The van der Waals surface area contributed by atoms with Gasteiger partial charge >= 0.3 is 0 Å². The molecular formula is C10H12NOY-. The molecule has 1 aromatic rings. The van der Waals surface area contributed by atoms with E-state index in [0.29, 0.717) is 0 Å². The molecule has 0 atom stereocenters. The van der Waals surface area contributed by atoms with Crippen LogP contribution < -0.4 is 5.32 Å². The summed E-state index contributed by atoms with van der Waals surface area (Å²) in [5, 5.41) is 2.69. The summed E-state index contributed by atoms with van der Waals surface area (Å²) >= 11 is 0. The number of benzene rings is 1. The second-order valence-electron chi connectivity index (χ2n) is 2.81. The fourth-order valence-corrected chi connectivity index (χ4v) is 1.15. The first-order valence-electron chi connectivity index (χ1n) is 3.80. The standard InChI is InChI=1S/C10H12NO.Y/c1-7-5-4-6-8(2)10(7)11-9(3)12;/h4-6H,3H2,1-2H3,(H,11,12);/q-1;. The number of carbonyl (C=O) groups is 1. The van der Waals surface area contributed by atoms with E-state index in [-0.39, 0.29) is 38.6 Å². The Balaban J connectivity index is 0.00000144. The molecule has 0 heterocycles. The molecule has 67 valence electrons. The van der Waals surface area contributed by atoms with E-state index in [1.165, 1.54) is 0 Å². The molecule has 0 bridgehead atoms. The van der Waals surface area contributed by atoms with Crippen molar-refractivity contribution < 1.29 is 37.5 Å². The average molecular weight is 251 g/mol. The predicted octanol–water partition coefficient (Wildman–Crippen LogP) is 2.07. The SMILES string of the molecule is [CH2-]C(=O)Nc1c(C)cccc1C.[Y]. The molecule has 0 saturated carbocycles. The van der Waals surface area contributed by atoms with Crippen LogP contribution in [0.5, 0.6) is 0 Å². The quantitative estimate of drug-likeness (QED) is 0.760. The molecule has 1 aromatic carbocycles. The van der Waals surface area contributed by atoms with Crippen LogP contribution >= 0.6 is 0 Å². The van der Waals surface area contributed by atoms with Crippen molar-refractivity contribution in [3.8, 4) is 0 Å². The fraction of sp³-hybridized carbons (Fsp3) is 0.200. The van der Waals surface area contributed by atoms with Crippen LogP contribution in [0.2, 0.25) is 0 Å². The van der Waals surface area contributed by atoms with Gasteiger partial charge in [0.05, 0.1) is 5.91 Å². The van der Waals surface area contributed by atoms with Gasteiger partial charge in [0, 0.05) is 38.4 Å². The van der Waals surface area contributed by atoms with Crippen molar-refractivity contribution in [2.24, 2.45) is 0 Å². The first-order chi connectivity index (χ1) is 5.61. The maximum absolute atomic E-state index is 10.7. The molecule has 0 aromatic heterocycles. The zero-order valence-electron chi connectivity index (χ0n) is 7.92. The Morgan fingerprint density at radius 1 is 1.31 bits per heavy atom. The summed E-state index contributed by atoms with van der Waals surface area (Å²) < 4.78 is 0. The van der Waals surface area contributed by atoms with Crippen molar-refractivity contribution in [1.29, 1.82) is 0 Å². The van der Waals surface area contributed by atoms with Gasteiger partial charge in [-0.1, -0.05) is 18.2 Å². The maximum atomic E-state index is 10.7. The molecule has 0 aliphatic carbocycles. The van der Waals surface area contributed by atoms with E-state index in [2.05, 4.69) is 12.2 Å². The number of nitrogens with one attached hydrogen (secondary N) is 1. The minimum atomic E-state index is -0.271. The van der Waals surface area contributed by atoms with Gasteiger partial charge in [0.15, 0.2) is 0 Å². The second-order valence-corrected chi connectivity index (χ2v) is 2.81. The number of hydrogen-bond donors (Lipinski definition) is 1. The third kappa shape index (κ3) is 3.49. The Hall–Kier alpha value is -0.336. The van der Waals surface area contributed by atoms with Crippen LogP contribution in [0.25, 0.3) is 0 Å². The Labute approximate surface area is 104 Å². The normalized spacial score (nSPS) is 8.77. The Bertz CT molecular complexity index is 290. The topological polar surface area (TPSA) is 29.1 Å². The predicted molar refractivity (Wildman–Crippen MR) is 49.9 cm³/mol. The zero-order chi connectivity index (χ0) is 9.14. The molecule has 0 aliphatic heterocycles. The first kappa shape index (κ1) is 12.7. The number of aryl methyl sites for hydroxylation is 2. The van der Waals surface area contributed by atoms with E-state index in [1.807, 2.05) is 32.0 Å². The van der Waals surface area contributed by atoms with Gasteiger partial charge in [0.1, 0.15) is 0 Å². The van der Waals surface area contributed by atoms with Crippen LogP contribution in [0, 0.1) is 20.8 Å². The van der Waals surface area contributed by atoms with Gasteiger partial charge in [0.2, 0.25) is 0 Å². The smallest absolute Gasteiger partial charge is 0.0841 e. The van der Waals surface area contributed by atoms with Crippen LogP contribution in [0.15, 0.2) is 18.2 Å². The molecule has 0 unspecified atom stereocenters. The van der Waals surface area contributed by atoms with Crippen molar-refractivity contribution >= 4 is 11.6 Å². The summed E-state index contributed by atoms with van der Waals surface area (Å²) in [5.74, 6) is -0.271. The third-order valence-corrected chi connectivity index (χ3v) is 1.75. The number of carbonyl (C=O) groups excluding carboxylic acids is 1. The van der Waals surface area contributed by atoms with Gasteiger partial charge in [-0.25, -0.2) is 0 Å². The number of hydrogen-bond acceptors (Lipinski definition) is 1. The molecule has 0 spiro atoms. The van der Waals surface area contributed by atoms with Crippen molar-refractivity contribution in [3.63, 3.8) is 0 Å². The van der Waals surface area contributed by atoms with E-state index >= 15 is 0 Å². The van der Waals surface area contributed by atoms with Crippen molar-refractivity contribution in [2.75, 3.05) is 5.32 Å². The minimum Gasteiger partial charge on any atom is -0.351 e. The van der Waals surface area contributed by atoms with Crippen molar-refractivity contribution in [3.05, 3.63) is 36.2 Å². The van der Waals surface area contributed by atoms with Gasteiger partial charge in [-0.05, 0) is 25.0 Å². The summed E-state index contributed by atoms with van der Waals surface area (Å²) in [6.45, 7) is 7.18. The third-order valence-electron chi connectivity index (χ3n) is 1.75. The van der Waals surface area contributed by atoms with Gasteiger partial charge in [-0.3, -0.25) is 0 Å². The molecule has 0 fully saturated rings. The Morgan fingerprint density at radius 2 is 1.77 bits per heavy atom. The molecule has 0 saturated heterocycles. The zero-order valence-corrected chi connectivity index (χ0v) is 10.8. The Kier molecular flexibility index (Phi) is 5.27. The van der Waals surface area contributed by atoms with Crippen molar-refractivity contribution in [2.45, 2.75) is 13.8 Å². The van der Waals surface area contributed by atoms with E-state index in [0.717, 1.165) is 16.8 Å². The second kappa shape index (κ2) is 5.41. The average Bonchev–Trinajstić information content (AvgIpc) is 1.97. The molecule has 2 nitrogen and oxygen atoms in total. The van der Waals surface area contributed by atoms with Gasteiger partial charge in [-0.15, -0.1) is 0 Å². The number of amides is 1. The van der Waals surface area contributed by atoms with Crippen LogP contribution in [-0.2, 0) is 37.5 Å². The van der Waals surface area contributed by atoms with Crippen LogP contribution in [0.1, 0.15) is 11.1 Å². The van der Waals surface area contributed by atoms with E-state index in [4.69, 9.17) is 0 Å². The van der Waals surface area contributed by atoms with E-state index in [9.17, 15) is 4.79 Å². The molecular weight excluding hydrogens is 239 g/mol. The monoisotopic (exact) mass is 251 g/mol. The molecule has 1 radical (unpaired) electrons. The van der Waals surface area contributed by atoms with Gasteiger partial charge in [0.25, 0.3) is 0 Å². The summed E-state index contributed by atoms with van der Waals surface area (Å²) in [6.07, 6.45) is 0. The Morgan fingerprint density at radius 3 is 2.15 bits per heavy atom. The van der Waals surface area contributed by atoms with Gasteiger partial charge < -0.3 is 17.0 Å².